The number of carboxylic acids is 1. The van der Waals surface area contributed by atoms with Crippen LogP contribution in [0, 0.1) is 5.92 Å². The van der Waals surface area contributed by atoms with Crippen molar-refractivity contribution in [1.29, 1.82) is 0 Å². The van der Waals surface area contributed by atoms with Crippen molar-refractivity contribution in [3.8, 4) is 5.75 Å². The Labute approximate surface area is 203 Å². The van der Waals surface area contributed by atoms with Crippen molar-refractivity contribution in [2.24, 2.45) is 5.92 Å². The first-order valence-electron chi connectivity index (χ1n) is 12.3. The number of nitrogens with zero attached hydrogens (tertiary/aromatic N) is 1. The minimum atomic E-state index is -1.35. The van der Waals surface area contributed by atoms with Gasteiger partial charge in [0.15, 0.2) is 5.60 Å². The molecule has 2 aromatic rings. The molecule has 184 valence electrons. The second-order valence-corrected chi connectivity index (χ2v) is 10.1. The van der Waals surface area contributed by atoms with Crippen LogP contribution in [0.3, 0.4) is 0 Å². The number of aliphatic carboxylic acids is 1. The second kappa shape index (κ2) is 11.4. The summed E-state index contributed by atoms with van der Waals surface area (Å²) in [6.45, 7) is 9.47. The molecule has 1 amide bonds. The Hall–Kier alpha value is -3.02. The number of carboxylic acid groups (broad SMARTS) is 1. The van der Waals surface area contributed by atoms with Gasteiger partial charge in [-0.1, -0.05) is 44.2 Å². The Kier molecular flexibility index (Phi) is 8.59. The summed E-state index contributed by atoms with van der Waals surface area (Å²) < 4.78 is 5.63. The van der Waals surface area contributed by atoms with Gasteiger partial charge < -0.3 is 20.1 Å². The predicted octanol–water partition coefficient (Wildman–Crippen LogP) is 5.37. The van der Waals surface area contributed by atoms with Gasteiger partial charge in [-0.05, 0) is 74.8 Å². The molecule has 6 nitrogen and oxygen atoms in total. The van der Waals surface area contributed by atoms with E-state index in [2.05, 4.69) is 42.3 Å². The van der Waals surface area contributed by atoms with E-state index >= 15 is 0 Å². The maximum atomic E-state index is 13.1. The largest absolute Gasteiger partial charge is 0.478 e. The van der Waals surface area contributed by atoms with E-state index in [4.69, 9.17) is 4.74 Å². The van der Waals surface area contributed by atoms with Gasteiger partial charge in [0.2, 0.25) is 5.91 Å². The normalized spacial score (nSPS) is 15.1. The Bertz CT molecular complexity index is 980. The van der Waals surface area contributed by atoms with Crippen molar-refractivity contribution in [3.63, 3.8) is 0 Å². The molecule has 3 rings (SSSR count). The Morgan fingerprint density at radius 2 is 1.76 bits per heavy atom. The molecule has 0 radical (unpaired) electrons. The highest BCUT2D eigenvalue weighted by Crippen LogP contribution is 2.32. The van der Waals surface area contributed by atoms with Gasteiger partial charge in [0, 0.05) is 18.8 Å². The molecule has 34 heavy (non-hydrogen) atoms. The minimum Gasteiger partial charge on any atom is -0.478 e. The molecule has 1 heterocycles. The maximum absolute atomic E-state index is 13.1. The highest BCUT2D eigenvalue weighted by atomic mass is 16.5. The van der Waals surface area contributed by atoms with E-state index < -0.39 is 11.6 Å². The lowest BCUT2D eigenvalue weighted by Gasteiger charge is -2.33. The zero-order valence-corrected chi connectivity index (χ0v) is 20.8. The van der Waals surface area contributed by atoms with Crippen LogP contribution in [-0.4, -0.2) is 35.7 Å². The highest BCUT2D eigenvalue weighted by molar-refractivity contribution is 5.79. The van der Waals surface area contributed by atoms with E-state index in [9.17, 15) is 14.7 Å². The number of ether oxygens (including phenoxy) is 1. The van der Waals surface area contributed by atoms with Crippen LogP contribution in [0.25, 0.3) is 0 Å². The summed E-state index contributed by atoms with van der Waals surface area (Å²) >= 11 is 0. The molecule has 2 N–H and O–H groups in total. The van der Waals surface area contributed by atoms with Gasteiger partial charge in [0.25, 0.3) is 0 Å². The lowest BCUT2D eigenvalue weighted by molar-refractivity contribution is -0.152. The molecule has 0 aliphatic carbocycles. The molecule has 0 aromatic heterocycles. The van der Waals surface area contributed by atoms with Crippen LogP contribution < -0.4 is 15.0 Å². The van der Waals surface area contributed by atoms with E-state index in [1.54, 1.807) is 18.2 Å². The van der Waals surface area contributed by atoms with E-state index in [0.717, 1.165) is 25.1 Å². The summed E-state index contributed by atoms with van der Waals surface area (Å²) in [5.41, 5.74) is 1.83. The highest BCUT2D eigenvalue weighted by Gasteiger charge is 2.29. The number of hydrogen-bond donors (Lipinski definition) is 2. The summed E-state index contributed by atoms with van der Waals surface area (Å²) in [5.74, 6) is -0.241. The van der Waals surface area contributed by atoms with Crippen LogP contribution in [0.15, 0.2) is 48.5 Å². The van der Waals surface area contributed by atoms with Gasteiger partial charge in [-0.25, -0.2) is 4.79 Å². The third-order valence-electron chi connectivity index (χ3n) is 6.20. The Balaban J connectivity index is 1.75. The number of piperidine rings is 1. The zero-order valence-electron chi connectivity index (χ0n) is 20.8. The molecule has 1 aliphatic heterocycles. The van der Waals surface area contributed by atoms with Crippen molar-refractivity contribution in [2.75, 3.05) is 18.0 Å². The first-order chi connectivity index (χ1) is 16.2. The maximum Gasteiger partial charge on any atom is 0.347 e. The lowest BCUT2D eigenvalue weighted by atomic mass is 9.94. The molecular weight excluding hydrogens is 428 g/mol. The van der Waals surface area contributed by atoms with Crippen molar-refractivity contribution < 1.29 is 19.4 Å². The number of benzene rings is 2. The number of anilines is 1. The van der Waals surface area contributed by atoms with Gasteiger partial charge in [-0.3, -0.25) is 4.79 Å². The first kappa shape index (κ1) is 25.6. The average molecular weight is 467 g/mol. The van der Waals surface area contributed by atoms with Crippen LogP contribution in [0.2, 0.25) is 0 Å². The number of para-hydroxylation sites is 1. The summed E-state index contributed by atoms with van der Waals surface area (Å²) in [6.07, 6.45) is 4.73. The molecule has 1 atom stereocenters. The van der Waals surface area contributed by atoms with Gasteiger partial charge in [-0.15, -0.1) is 0 Å². The molecule has 1 saturated heterocycles. The molecule has 0 saturated carbocycles. The Morgan fingerprint density at radius 3 is 2.44 bits per heavy atom. The fourth-order valence-electron chi connectivity index (χ4n) is 4.43. The molecule has 1 aliphatic rings. The van der Waals surface area contributed by atoms with Crippen LogP contribution in [0.4, 0.5) is 5.69 Å². The summed E-state index contributed by atoms with van der Waals surface area (Å²) in [6, 6.07) is 15.5. The van der Waals surface area contributed by atoms with Gasteiger partial charge in [0.05, 0.1) is 12.5 Å². The standard InChI is InChI=1S/C28H38N2O4/c1-20(2)17-24(23-13-6-7-14-25(23)30-15-8-5-9-16-30)29-26(31)19-21-11-10-12-22(18-21)34-28(3,4)27(32)33/h6-7,10-14,18,20,24H,5,8-9,15-17,19H2,1-4H3,(H,29,31)(H,32,33). The van der Waals surface area contributed by atoms with E-state index in [-0.39, 0.29) is 18.4 Å². The quantitative estimate of drug-likeness (QED) is 0.492. The lowest BCUT2D eigenvalue weighted by Crippen LogP contribution is -2.37. The number of rotatable bonds is 10. The first-order valence-corrected chi connectivity index (χ1v) is 12.3. The van der Waals surface area contributed by atoms with Crippen molar-refractivity contribution in [1.82, 2.24) is 5.32 Å². The van der Waals surface area contributed by atoms with Crippen molar-refractivity contribution in [3.05, 3.63) is 59.7 Å². The number of hydrogen-bond acceptors (Lipinski definition) is 4. The summed E-state index contributed by atoms with van der Waals surface area (Å²) in [5, 5.41) is 12.6. The monoisotopic (exact) mass is 466 g/mol. The van der Waals surface area contributed by atoms with Crippen LogP contribution in [0.1, 0.15) is 70.5 Å². The molecule has 1 unspecified atom stereocenters. The predicted molar refractivity (Wildman–Crippen MR) is 135 cm³/mol. The van der Waals surface area contributed by atoms with Crippen molar-refractivity contribution >= 4 is 17.6 Å². The van der Waals surface area contributed by atoms with E-state index in [1.165, 1.54) is 44.4 Å². The van der Waals surface area contributed by atoms with Gasteiger partial charge in [-0.2, -0.15) is 0 Å². The number of nitrogens with one attached hydrogen (secondary N) is 1. The van der Waals surface area contributed by atoms with Crippen LogP contribution >= 0.6 is 0 Å². The fraction of sp³-hybridized carbons (Fsp3) is 0.500. The number of carbonyl (C=O) groups is 2. The van der Waals surface area contributed by atoms with Crippen LogP contribution in [-0.2, 0) is 16.0 Å². The molecule has 0 bridgehead atoms. The third-order valence-corrected chi connectivity index (χ3v) is 6.20. The zero-order chi connectivity index (χ0) is 24.7. The minimum absolute atomic E-state index is 0.0613. The number of carbonyl (C=O) groups excluding carboxylic acids is 1. The Morgan fingerprint density at radius 1 is 1.06 bits per heavy atom. The molecule has 6 heteroatoms. The smallest absolute Gasteiger partial charge is 0.347 e. The van der Waals surface area contributed by atoms with E-state index in [0.29, 0.717) is 11.7 Å². The molecule has 1 fully saturated rings. The second-order valence-electron chi connectivity index (χ2n) is 10.1. The van der Waals surface area contributed by atoms with Crippen molar-refractivity contribution in [2.45, 2.75) is 71.4 Å². The molecule has 2 aromatic carbocycles. The summed E-state index contributed by atoms with van der Waals surface area (Å²) in [4.78, 5) is 26.9. The summed E-state index contributed by atoms with van der Waals surface area (Å²) in [7, 11) is 0. The molecule has 0 spiro atoms. The van der Waals surface area contributed by atoms with Gasteiger partial charge in [0.1, 0.15) is 5.75 Å². The number of amides is 1. The molecular formula is C28H38N2O4. The van der Waals surface area contributed by atoms with Crippen LogP contribution in [0.5, 0.6) is 5.75 Å². The topological polar surface area (TPSA) is 78.9 Å². The average Bonchev–Trinajstić information content (AvgIpc) is 2.79. The third kappa shape index (κ3) is 6.99. The van der Waals surface area contributed by atoms with Gasteiger partial charge >= 0.3 is 5.97 Å². The fourth-order valence-corrected chi connectivity index (χ4v) is 4.43. The SMILES string of the molecule is CC(C)CC(NC(=O)Cc1cccc(OC(C)(C)C(=O)O)c1)c1ccccc1N1CCCCC1. The van der Waals surface area contributed by atoms with E-state index in [1.807, 2.05) is 12.1 Å².